The first-order valence-electron chi connectivity index (χ1n) is 10.1. The molecule has 134 valence electrons. The highest BCUT2D eigenvalue weighted by Crippen LogP contribution is 2.14. The van der Waals surface area contributed by atoms with E-state index in [9.17, 15) is 10.2 Å². The molecule has 0 fully saturated rings. The molecule has 22 heavy (non-hydrogen) atoms. The van der Waals surface area contributed by atoms with Crippen molar-refractivity contribution in [2.75, 3.05) is 0 Å². The number of unbranched alkanes of at least 4 members (excludes halogenated alkanes) is 9. The van der Waals surface area contributed by atoms with E-state index in [1.54, 1.807) is 0 Å². The molecule has 2 nitrogen and oxygen atoms in total. The van der Waals surface area contributed by atoms with Gasteiger partial charge in [0.2, 0.25) is 0 Å². The van der Waals surface area contributed by atoms with E-state index in [0.717, 1.165) is 38.5 Å². The lowest BCUT2D eigenvalue weighted by molar-refractivity contribution is 0.147. The minimum absolute atomic E-state index is 0.0564. The second-order valence-corrected chi connectivity index (χ2v) is 7.00. The molecule has 0 aromatic heterocycles. The highest BCUT2D eigenvalue weighted by molar-refractivity contribution is 4.58. The van der Waals surface area contributed by atoms with Gasteiger partial charge in [-0.05, 0) is 25.7 Å². The Labute approximate surface area is 139 Å². The molecule has 2 unspecified atom stereocenters. The van der Waals surface area contributed by atoms with E-state index in [1.807, 2.05) is 0 Å². The van der Waals surface area contributed by atoms with Crippen molar-refractivity contribution in [3.63, 3.8) is 0 Å². The minimum atomic E-state index is -0.0564. The Bertz CT molecular complexity index is 184. The number of rotatable bonds is 17. The van der Waals surface area contributed by atoms with Crippen LogP contribution in [0.1, 0.15) is 117 Å². The standard InChI is InChI=1S/C20H42O2/c1-3-5-15-19(21)17-13-11-9-7-8-10-12-14-18-20(22)16-6-4-2/h19-22H,3-18H2,1-2H3. The molecule has 2 N–H and O–H groups in total. The molecule has 0 saturated carbocycles. The average molecular weight is 315 g/mol. The van der Waals surface area contributed by atoms with Crippen molar-refractivity contribution >= 4 is 0 Å². The zero-order chi connectivity index (χ0) is 16.5. The summed E-state index contributed by atoms with van der Waals surface area (Å²) in [6, 6.07) is 0. The van der Waals surface area contributed by atoms with Gasteiger partial charge in [0.1, 0.15) is 0 Å². The Kier molecular flexibility index (Phi) is 17.2. The van der Waals surface area contributed by atoms with Crippen molar-refractivity contribution in [1.82, 2.24) is 0 Å². The lowest BCUT2D eigenvalue weighted by atomic mass is 10.0. The van der Waals surface area contributed by atoms with Crippen LogP contribution in [-0.4, -0.2) is 22.4 Å². The molecule has 0 aliphatic carbocycles. The van der Waals surface area contributed by atoms with Gasteiger partial charge in [0, 0.05) is 0 Å². The molecular weight excluding hydrogens is 272 g/mol. The van der Waals surface area contributed by atoms with Gasteiger partial charge in [-0.3, -0.25) is 0 Å². The summed E-state index contributed by atoms with van der Waals surface area (Å²) in [5, 5.41) is 19.5. The van der Waals surface area contributed by atoms with E-state index in [0.29, 0.717) is 0 Å². The lowest BCUT2D eigenvalue weighted by Gasteiger charge is -2.10. The van der Waals surface area contributed by atoms with E-state index in [4.69, 9.17) is 0 Å². The van der Waals surface area contributed by atoms with Gasteiger partial charge in [-0.1, -0.05) is 90.9 Å². The molecule has 0 heterocycles. The summed E-state index contributed by atoms with van der Waals surface area (Å²) >= 11 is 0. The van der Waals surface area contributed by atoms with Crippen molar-refractivity contribution in [2.45, 2.75) is 129 Å². The molecule has 0 amide bonds. The first kappa shape index (κ1) is 21.9. The lowest BCUT2D eigenvalue weighted by Crippen LogP contribution is -2.05. The predicted octanol–water partition coefficient (Wildman–Crippen LogP) is 5.99. The van der Waals surface area contributed by atoms with E-state index in [-0.39, 0.29) is 12.2 Å². The Morgan fingerprint density at radius 3 is 1.05 bits per heavy atom. The van der Waals surface area contributed by atoms with Crippen LogP contribution in [-0.2, 0) is 0 Å². The first-order chi connectivity index (χ1) is 10.7. The molecule has 0 aliphatic rings. The summed E-state index contributed by atoms with van der Waals surface area (Å²) in [5.74, 6) is 0. The quantitative estimate of drug-likeness (QED) is 0.324. The van der Waals surface area contributed by atoms with Crippen molar-refractivity contribution in [2.24, 2.45) is 0 Å². The Hall–Kier alpha value is -0.0800. The van der Waals surface area contributed by atoms with Crippen LogP contribution in [0.25, 0.3) is 0 Å². The van der Waals surface area contributed by atoms with Gasteiger partial charge >= 0.3 is 0 Å². The Morgan fingerprint density at radius 1 is 0.455 bits per heavy atom. The minimum Gasteiger partial charge on any atom is -0.393 e. The van der Waals surface area contributed by atoms with Gasteiger partial charge in [-0.2, -0.15) is 0 Å². The number of hydrogen-bond donors (Lipinski definition) is 2. The van der Waals surface area contributed by atoms with Gasteiger partial charge < -0.3 is 10.2 Å². The molecule has 0 spiro atoms. The summed E-state index contributed by atoms with van der Waals surface area (Å²) in [6.45, 7) is 4.36. The fourth-order valence-electron chi connectivity index (χ4n) is 2.99. The number of hydrogen-bond acceptors (Lipinski definition) is 2. The van der Waals surface area contributed by atoms with Crippen LogP contribution in [0.3, 0.4) is 0 Å². The Morgan fingerprint density at radius 2 is 0.727 bits per heavy atom. The average Bonchev–Trinajstić information content (AvgIpc) is 2.52. The molecule has 0 radical (unpaired) electrons. The fourth-order valence-corrected chi connectivity index (χ4v) is 2.99. The van der Waals surface area contributed by atoms with Crippen LogP contribution < -0.4 is 0 Å². The van der Waals surface area contributed by atoms with Gasteiger partial charge in [-0.15, -0.1) is 0 Å². The zero-order valence-electron chi connectivity index (χ0n) is 15.4. The third-order valence-electron chi connectivity index (χ3n) is 4.61. The topological polar surface area (TPSA) is 40.5 Å². The van der Waals surface area contributed by atoms with Crippen molar-refractivity contribution in [1.29, 1.82) is 0 Å². The first-order valence-corrected chi connectivity index (χ1v) is 10.1. The summed E-state index contributed by atoms with van der Waals surface area (Å²) < 4.78 is 0. The molecule has 0 rings (SSSR count). The van der Waals surface area contributed by atoms with Crippen LogP contribution in [0, 0.1) is 0 Å². The van der Waals surface area contributed by atoms with E-state index < -0.39 is 0 Å². The Balaban J connectivity index is 3.14. The molecule has 0 aromatic carbocycles. The maximum absolute atomic E-state index is 9.76. The second-order valence-electron chi connectivity index (χ2n) is 7.00. The van der Waals surface area contributed by atoms with Gasteiger partial charge in [0.05, 0.1) is 12.2 Å². The largest absolute Gasteiger partial charge is 0.393 e. The molecule has 2 heteroatoms. The van der Waals surface area contributed by atoms with Crippen LogP contribution in [0.4, 0.5) is 0 Å². The molecule has 0 aromatic rings. The van der Waals surface area contributed by atoms with E-state index >= 15 is 0 Å². The van der Waals surface area contributed by atoms with Crippen LogP contribution >= 0.6 is 0 Å². The zero-order valence-corrected chi connectivity index (χ0v) is 15.4. The molecule has 0 aliphatic heterocycles. The molecule has 2 atom stereocenters. The number of aliphatic hydroxyl groups excluding tert-OH is 2. The number of aliphatic hydroxyl groups is 2. The fraction of sp³-hybridized carbons (Fsp3) is 1.00. The maximum atomic E-state index is 9.76. The highest BCUT2D eigenvalue weighted by Gasteiger charge is 2.03. The third kappa shape index (κ3) is 16.3. The van der Waals surface area contributed by atoms with Gasteiger partial charge in [0.25, 0.3) is 0 Å². The van der Waals surface area contributed by atoms with Crippen LogP contribution in [0.15, 0.2) is 0 Å². The van der Waals surface area contributed by atoms with Crippen molar-refractivity contribution in [3.05, 3.63) is 0 Å². The predicted molar refractivity (Wildman–Crippen MR) is 97.2 cm³/mol. The monoisotopic (exact) mass is 314 g/mol. The van der Waals surface area contributed by atoms with Crippen molar-refractivity contribution in [3.8, 4) is 0 Å². The van der Waals surface area contributed by atoms with Crippen LogP contribution in [0.2, 0.25) is 0 Å². The van der Waals surface area contributed by atoms with Gasteiger partial charge in [-0.25, -0.2) is 0 Å². The smallest absolute Gasteiger partial charge is 0.0540 e. The SMILES string of the molecule is CCCCC(O)CCCCCCCCCCC(O)CCCC. The van der Waals surface area contributed by atoms with Crippen molar-refractivity contribution < 1.29 is 10.2 Å². The molecule has 0 bridgehead atoms. The highest BCUT2D eigenvalue weighted by atomic mass is 16.3. The molecular formula is C20H42O2. The van der Waals surface area contributed by atoms with E-state index in [1.165, 1.54) is 64.2 Å². The summed E-state index contributed by atoms with van der Waals surface area (Å²) in [5.41, 5.74) is 0. The van der Waals surface area contributed by atoms with E-state index in [2.05, 4.69) is 13.8 Å². The molecule has 0 saturated heterocycles. The maximum Gasteiger partial charge on any atom is 0.0540 e. The summed E-state index contributed by atoms with van der Waals surface area (Å²) in [6.07, 6.45) is 18.8. The third-order valence-corrected chi connectivity index (χ3v) is 4.61. The van der Waals surface area contributed by atoms with Gasteiger partial charge in [0.15, 0.2) is 0 Å². The normalized spacial score (nSPS) is 14.2. The second kappa shape index (κ2) is 17.3. The summed E-state index contributed by atoms with van der Waals surface area (Å²) in [7, 11) is 0. The van der Waals surface area contributed by atoms with Crippen LogP contribution in [0.5, 0.6) is 0 Å². The summed E-state index contributed by atoms with van der Waals surface area (Å²) in [4.78, 5) is 0.